The van der Waals surface area contributed by atoms with Crippen LogP contribution >= 0.6 is 0 Å². The molecule has 23 heavy (non-hydrogen) atoms. The van der Waals surface area contributed by atoms with Crippen LogP contribution in [0, 0.1) is 0 Å². The highest BCUT2D eigenvalue weighted by Crippen LogP contribution is 2.41. The van der Waals surface area contributed by atoms with Crippen LogP contribution in [-0.4, -0.2) is 32.9 Å². The molecule has 0 N–H and O–H groups in total. The van der Waals surface area contributed by atoms with E-state index >= 15 is 0 Å². The molecule has 1 rings (SSSR count). The zero-order valence-corrected chi connectivity index (χ0v) is 14.6. The van der Waals surface area contributed by atoms with E-state index in [1.54, 1.807) is 0 Å². The molecule has 0 radical (unpaired) electrons. The van der Waals surface area contributed by atoms with Crippen LogP contribution in [0.1, 0.15) is 45.6 Å². The van der Waals surface area contributed by atoms with Gasteiger partial charge in [0.2, 0.25) is 5.75 Å². The predicted molar refractivity (Wildman–Crippen MR) is 89.5 cm³/mol. The van der Waals surface area contributed by atoms with Gasteiger partial charge in [-0.2, -0.15) is 0 Å². The molecule has 0 aromatic heterocycles. The lowest BCUT2D eigenvalue weighted by atomic mass is 10.1. The minimum absolute atomic E-state index is 0.145. The van der Waals surface area contributed by atoms with Crippen LogP contribution in [-0.2, 0) is 16.0 Å². The van der Waals surface area contributed by atoms with Crippen molar-refractivity contribution in [2.45, 2.75) is 46.5 Å². The van der Waals surface area contributed by atoms with Crippen molar-refractivity contribution in [1.82, 2.24) is 0 Å². The Labute approximate surface area is 138 Å². The van der Waals surface area contributed by atoms with E-state index in [9.17, 15) is 4.79 Å². The van der Waals surface area contributed by atoms with Gasteiger partial charge < -0.3 is 18.9 Å². The minimum Gasteiger partial charge on any atom is -0.490 e. The summed E-state index contributed by atoms with van der Waals surface area (Å²) in [5.74, 6) is 1.50. The van der Waals surface area contributed by atoms with Crippen molar-refractivity contribution >= 4 is 5.97 Å². The van der Waals surface area contributed by atoms with Crippen LogP contribution in [0.25, 0.3) is 0 Å². The number of methoxy groups -OCH3 is 1. The number of hydrogen-bond donors (Lipinski definition) is 0. The molecule has 0 aliphatic carbocycles. The smallest absolute Gasteiger partial charge is 0.310 e. The molecule has 0 saturated heterocycles. The van der Waals surface area contributed by atoms with Crippen molar-refractivity contribution in [3.8, 4) is 17.2 Å². The van der Waals surface area contributed by atoms with E-state index in [2.05, 4.69) is 0 Å². The number of benzene rings is 1. The second-order valence-corrected chi connectivity index (χ2v) is 5.18. The van der Waals surface area contributed by atoms with E-state index in [0.717, 1.165) is 24.8 Å². The molecule has 0 bridgehead atoms. The van der Waals surface area contributed by atoms with Gasteiger partial charge in [0.05, 0.1) is 33.4 Å². The third kappa shape index (κ3) is 6.00. The van der Waals surface area contributed by atoms with E-state index < -0.39 is 0 Å². The van der Waals surface area contributed by atoms with Gasteiger partial charge in [-0.3, -0.25) is 4.79 Å². The lowest BCUT2D eigenvalue weighted by Crippen LogP contribution is -2.10. The maximum Gasteiger partial charge on any atom is 0.310 e. The van der Waals surface area contributed by atoms with Gasteiger partial charge in [0.15, 0.2) is 11.5 Å². The minimum atomic E-state index is -0.310. The molecular weight excluding hydrogens is 296 g/mol. The summed E-state index contributed by atoms with van der Waals surface area (Å²) in [5.41, 5.74) is 0.750. The quantitative estimate of drug-likeness (QED) is 0.580. The largest absolute Gasteiger partial charge is 0.490 e. The van der Waals surface area contributed by atoms with Gasteiger partial charge in [-0.05, 0) is 25.3 Å². The zero-order valence-electron chi connectivity index (χ0n) is 14.6. The summed E-state index contributed by atoms with van der Waals surface area (Å²) < 4.78 is 22.3. The maximum absolute atomic E-state index is 11.6. The SMILES string of the molecule is CCCOc1ccc(CC(=O)OC)c(OCCC)c1OCCC. The molecule has 0 unspecified atom stereocenters. The van der Waals surface area contributed by atoms with Crippen LogP contribution in [0.4, 0.5) is 0 Å². The van der Waals surface area contributed by atoms with Gasteiger partial charge in [-0.15, -0.1) is 0 Å². The van der Waals surface area contributed by atoms with Gasteiger partial charge in [-0.1, -0.05) is 26.8 Å². The first-order chi connectivity index (χ1) is 11.2. The highest BCUT2D eigenvalue weighted by Gasteiger charge is 2.19. The Morgan fingerprint density at radius 1 is 0.870 bits per heavy atom. The molecule has 5 nitrogen and oxygen atoms in total. The van der Waals surface area contributed by atoms with Gasteiger partial charge >= 0.3 is 5.97 Å². The van der Waals surface area contributed by atoms with Crippen molar-refractivity contribution in [1.29, 1.82) is 0 Å². The monoisotopic (exact) mass is 324 g/mol. The Balaban J connectivity index is 3.20. The number of rotatable bonds is 11. The molecule has 1 aromatic rings. The second kappa shape index (κ2) is 10.8. The van der Waals surface area contributed by atoms with Gasteiger partial charge in [-0.25, -0.2) is 0 Å². The van der Waals surface area contributed by atoms with E-state index in [-0.39, 0.29) is 12.4 Å². The average molecular weight is 324 g/mol. The Morgan fingerprint density at radius 3 is 2.00 bits per heavy atom. The molecule has 0 fully saturated rings. The lowest BCUT2D eigenvalue weighted by molar-refractivity contribution is -0.139. The first-order valence-corrected chi connectivity index (χ1v) is 8.28. The topological polar surface area (TPSA) is 54.0 Å². The fraction of sp³-hybridized carbons (Fsp3) is 0.611. The molecule has 0 aliphatic rings. The summed E-state index contributed by atoms with van der Waals surface area (Å²) in [7, 11) is 1.38. The van der Waals surface area contributed by atoms with Crippen molar-refractivity contribution in [2.24, 2.45) is 0 Å². The molecule has 0 aliphatic heterocycles. The first kappa shape index (κ1) is 19.1. The second-order valence-electron chi connectivity index (χ2n) is 5.18. The fourth-order valence-corrected chi connectivity index (χ4v) is 1.98. The van der Waals surface area contributed by atoms with Gasteiger partial charge in [0.25, 0.3) is 0 Å². The number of esters is 1. The Bertz CT molecular complexity index is 485. The highest BCUT2D eigenvalue weighted by molar-refractivity contribution is 5.74. The summed E-state index contributed by atoms with van der Waals surface area (Å²) in [6, 6.07) is 3.67. The number of ether oxygens (including phenoxy) is 4. The van der Waals surface area contributed by atoms with Crippen LogP contribution in [0.3, 0.4) is 0 Å². The molecule has 130 valence electrons. The Morgan fingerprint density at radius 2 is 1.43 bits per heavy atom. The molecule has 0 heterocycles. The van der Waals surface area contributed by atoms with Crippen molar-refractivity contribution < 1.29 is 23.7 Å². The lowest BCUT2D eigenvalue weighted by Gasteiger charge is -2.19. The summed E-state index contributed by atoms with van der Waals surface area (Å²) in [6.45, 7) is 7.83. The first-order valence-electron chi connectivity index (χ1n) is 8.28. The van der Waals surface area contributed by atoms with Gasteiger partial charge in [0, 0.05) is 5.56 Å². The number of carbonyl (C=O) groups is 1. The van der Waals surface area contributed by atoms with Crippen molar-refractivity contribution in [3.05, 3.63) is 17.7 Å². The van der Waals surface area contributed by atoms with E-state index in [4.69, 9.17) is 18.9 Å². The normalized spacial score (nSPS) is 10.3. The molecule has 5 heteroatoms. The number of hydrogen-bond acceptors (Lipinski definition) is 5. The van der Waals surface area contributed by atoms with E-state index in [0.29, 0.717) is 37.1 Å². The van der Waals surface area contributed by atoms with Crippen LogP contribution in [0.5, 0.6) is 17.2 Å². The van der Waals surface area contributed by atoms with Crippen LogP contribution in [0.15, 0.2) is 12.1 Å². The molecule has 0 saturated carbocycles. The molecule has 1 aromatic carbocycles. The summed E-state index contributed by atoms with van der Waals surface area (Å²) >= 11 is 0. The highest BCUT2D eigenvalue weighted by atomic mass is 16.5. The van der Waals surface area contributed by atoms with Crippen LogP contribution < -0.4 is 14.2 Å². The molecule has 0 amide bonds. The number of carbonyl (C=O) groups excluding carboxylic acids is 1. The van der Waals surface area contributed by atoms with Crippen molar-refractivity contribution in [3.63, 3.8) is 0 Å². The maximum atomic E-state index is 11.6. The summed E-state index contributed by atoms with van der Waals surface area (Å²) in [5, 5.41) is 0. The molecular formula is C18H28O5. The summed E-state index contributed by atoms with van der Waals surface area (Å²) in [4.78, 5) is 11.6. The predicted octanol–water partition coefficient (Wildman–Crippen LogP) is 3.77. The van der Waals surface area contributed by atoms with Gasteiger partial charge in [0.1, 0.15) is 0 Å². The molecule has 0 atom stereocenters. The average Bonchev–Trinajstić information content (AvgIpc) is 2.57. The molecule has 0 spiro atoms. The Hall–Kier alpha value is -1.91. The Kier molecular flexibility index (Phi) is 8.95. The summed E-state index contributed by atoms with van der Waals surface area (Å²) in [6.07, 6.45) is 2.79. The van der Waals surface area contributed by atoms with E-state index in [1.165, 1.54) is 7.11 Å². The zero-order chi connectivity index (χ0) is 17.1. The standard InChI is InChI=1S/C18H28O5/c1-5-10-21-15-9-8-14(13-16(19)20-4)17(22-11-6-2)18(15)23-12-7-3/h8-9H,5-7,10-13H2,1-4H3. The van der Waals surface area contributed by atoms with Crippen molar-refractivity contribution in [2.75, 3.05) is 26.9 Å². The third-order valence-corrected chi connectivity index (χ3v) is 3.08. The van der Waals surface area contributed by atoms with Crippen LogP contribution in [0.2, 0.25) is 0 Å². The van der Waals surface area contributed by atoms with E-state index in [1.807, 2.05) is 32.9 Å². The third-order valence-electron chi connectivity index (χ3n) is 3.08. The fourth-order valence-electron chi connectivity index (χ4n) is 1.98.